The molecule has 178 valence electrons. The summed E-state index contributed by atoms with van der Waals surface area (Å²) in [7, 11) is 0. The predicted octanol–water partition coefficient (Wildman–Crippen LogP) is 8.21. The molecule has 33 heavy (non-hydrogen) atoms. The minimum atomic E-state index is 0.141. The van der Waals surface area contributed by atoms with E-state index in [9.17, 15) is 4.79 Å². The summed E-state index contributed by atoms with van der Waals surface area (Å²) < 4.78 is 0. The maximum atomic E-state index is 11.9. The van der Waals surface area contributed by atoms with Gasteiger partial charge in [-0.1, -0.05) is 110 Å². The molecule has 0 heterocycles. The van der Waals surface area contributed by atoms with E-state index >= 15 is 0 Å². The van der Waals surface area contributed by atoms with Gasteiger partial charge in [-0.3, -0.25) is 4.79 Å². The highest BCUT2D eigenvalue weighted by molar-refractivity contribution is 5.75. The van der Waals surface area contributed by atoms with Crippen LogP contribution in [0.2, 0.25) is 0 Å². The van der Waals surface area contributed by atoms with Gasteiger partial charge in [-0.2, -0.15) is 0 Å². The molecule has 0 saturated heterocycles. The summed E-state index contributed by atoms with van der Waals surface area (Å²) in [6.45, 7) is 2.90. The molecule has 1 rings (SSSR count). The van der Waals surface area contributed by atoms with Crippen LogP contribution in [-0.4, -0.2) is 12.5 Å². The zero-order valence-corrected chi connectivity index (χ0v) is 20.5. The van der Waals surface area contributed by atoms with Gasteiger partial charge in [-0.15, -0.1) is 0 Å². The predicted molar refractivity (Wildman–Crippen MR) is 145 cm³/mol. The molecule has 0 bridgehead atoms. The van der Waals surface area contributed by atoms with Crippen LogP contribution in [0.25, 0.3) is 0 Å². The molecular formula is C31H43NO. The Labute approximate surface area is 202 Å². The van der Waals surface area contributed by atoms with Gasteiger partial charge in [0.25, 0.3) is 0 Å². The standard InChI is InChI=1S/C31H43NO/c1-2-3-4-5-6-7-8-9-10-11-12-13-14-15-16-17-18-19-23-28-31(33)32-29-24-27-30-25-21-20-22-26-30/h3-4,6-7,9-10,12-13,15-16,18-22,25-26H,2,5,8,11,14,17,23-24,27-29H2,1H3,(H,32,33). The largest absolute Gasteiger partial charge is 0.356 e. The minimum absolute atomic E-state index is 0.141. The van der Waals surface area contributed by atoms with Gasteiger partial charge in [0.05, 0.1) is 0 Å². The van der Waals surface area contributed by atoms with Gasteiger partial charge in [0.1, 0.15) is 0 Å². The zero-order valence-electron chi connectivity index (χ0n) is 20.5. The number of hydrogen-bond donors (Lipinski definition) is 1. The lowest BCUT2D eigenvalue weighted by Crippen LogP contribution is -2.24. The topological polar surface area (TPSA) is 29.1 Å². The lowest BCUT2D eigenvalue weighted by molar-refractivity contribution is -0.121. The Morgan fingerprint density at radius 1 is 0.697 bits per heavy atom. The highest BCUT2D eigenvalue weighted by Crippen LogP contribution is 2.02. The minimum Gasteiger partial charge on any atom is -0.356 e. The molecule has 0 fully saturated rings. The zero-order chi connectivity index (χ0) is 23.7. The molecular weight excluding hydrogens is 402 g/mol. The molecule has 0 spiro atoms. The van der Waals surface area contributed by atoms with Crippen molar-refractivity contribution in [2.75, 3.05) is 6.54 Å². The molecule has 1 aromatic rings. The quantitative estimate of drug-likeness (QED) is 0.179. The van der Waals surface area contributed by atoms with Crippen molar-refractivity contribution in [2.24, 2.45) is 0 Å². The Hall–Kier alpha value is -2.87. The molecule has 2 heteroatoms. The van der Waals surface area contributed by atoms with Crippen LogP contribution in [0.15, 0.2) is 103 Å². The van der Waals surface area contributed by atoms with E-state index in [1.807, 2.05) is 6.07 Å². The van der Waals surface area contributed by atoms with Crippen LogP contribution in [0.1, 0.15) is 70.3 Å². The van der Waals surface area contributed by atoms with Gasteiger partial charge < -0.3 is 5.32 Å². The maximum absolute atomic E-state index is 11.9. The van der Waals surface area contributed by atoms with Crippen molar-refractivity contribution < 1.29 is 4.79 Å². The van der Waals surface area contributed by atoms with Crippen molar-refractivity contribution >= 4 is 5.91 Å². The smallest absolute Gasteiger partial charge is 0.220 e. The number of carbonyl (C=O) groups is 1. The van der Waals surface area contributed by atoms with Crippen molar-refractivity contribution in [3.8, 4) is 0 Å². The van der Waals surface area contributed by atoms with E-state index in [1.54, 1.807) is 0 Å². The fraction of sp³-hybridized carbons (Fsp3) is 0.387. The number of rotatable bonds is 18. The highest BCUT2D eigenvalue weighted by Gasteiger charge is 1.98. The third-order valence-electron chi connectivity index (χ3n) is 4.94. The summed E-state index contributed by atoms with van der Waals surface area (Å²) >= 11 is 0. The number of carbonyl (C=O) groups excluding carboxylic acids is 1. The molecule has 1 aromatic carbocycles. The first-order valence-corrected chi connectivity index (χ1v) is 12.5. The van der Waals surface area contributed by atoms with Crippen LogP contribution in [0, 0.1) is 0 Å². The van der Waals surface area contributed by atoms with E-state index in [4.69, 9.17) is 0 Å². The average molecular weight is 446 g/mol. The number of allylic oxidation sites excluding steroid dienone is 12. The molecule has 0 aliphatic carbocycles. The Balaban J connectivity index is 1.93. The van der Waals surface area contributed by atoms with Crippen LogP contribution >= 0.6 is 0 Å². The van der Waals surface area contributed by atoms with Crippen LogP contribution < -0.4 is 5.32 Å². The van der Waals surface area contributed by atoms with E-state index in [1.165, 1.54) is 5.56 Å². The summed E-state index contributed by atoms with van der Waals surface area (Å²) in [6, 6.07) is 10.4. The van der Waals surface area contributed by atoms with E-state index in [0.717, 1.165) is 64.3 Å². The summed E-state index contributed by atoms with van der Waals surface area (Å²) in [5.74, 6) is 0.141. The second-order valence-corrected chi connectivity index (χ2v) is 7.89. The maximum Gasteiger partial charge on any atom is 0.220 e. The lowest BCUT2D eigenvalue weighted by atomic mass is 10.1. The molecule has 0 radical (unpaired) electrons. The Morgan fingerprint density at radius 2 is 1.18 bits per heavy atom. The molecule has 0 aromatic heterocycles. The third kappa shape index (κ3) is 19.5. The van der Waals surface area contributed by atoms with Gasteiger partial charge >= 0.3 is 0 Å². The van der Waals surface area contributed by atoms with E-state index in [2.05, 4.69) is 109 Å². The first kappa shape index (κ1) is 28.2. The number of benzene rings is 1. The molecule has 0 aliphatic rings. The molecule has 1 N–H and O–H groups in total. The van der Waals surface area contributed by atoms with Crippen molar-refractivity contribution in [2.45, 2.75) is 71.1 Å². The van der Waals surface area contributed by atoms with Crippen LogP contribution in [0.5, 0.6) is 0 Å². The summed E-state index contributed by atoms with van der Waals surface area (Å²) in [4.78, 5) is 11.9. The summed E-state index contributed by atoms with van der Waals surface area (Å²) in [5, 5.41) is 3.01. The fourth-order valence-corrected chi connectivity index (χ4v) is 3.11. The second-order valence-electron chi connectivity index (χ2n) is 7.89. The Bertz CT molecular complexity index is 765. The number of aryl methyl sites for hydroxylation is 1. The van der Waals surface area contributed by atoms with Crippen LogP contribution in [0.4, 0.5) is 0 Å². The van der Waals surface area contributed by atoms with Gasteiger partial charge in [0.2, 0.25) is 5.91 Å². The fourth-order valence-electron chi connectivity index (χ4n) is 3.11. The van der Waals surface area contributed by atoms with Gasteiger partial charge in [-0.25, -0.2) is 0 Å². The first-order chi connectivity index (χ1) is 16.3. The Kier molecular flexibility index (Phi) is 19.1. The lowest BCUT2D eigenvalue weighted by Gasteiger charge is -2.04. The number of amides is 1. The molecule has 2 nitrogen and oxygen atoms in total. The second kappa shape index (κ2) is 22.3. The highest BCUT2D eigenvalue weighted by atomic mass is 16.1. The normalized spacial score (nSPS) is 12.5. The van der Waals surface area contributed by atoms with E-state index < -0.39 is 0 Å². The molecule has 0 aliphatic heterocycles. The summed E-state index contributed by atoms with van der Waals surface area (Å²) in [6.07, 6.45) is 35.7. The molecule has 1 amide bonds. The van der Waals surface area contributed by atoms with Crippen molar-refractivity contribution in [1.29, 1.82) is 0 Å². The van der Waals surface area contributed by atoms with Crippen LogP contribution in [0.3, 0.4) is 0 Å². The summed E-state index contributed by atoms with van der Waals surface area (Å²) in [5.41, 5.74) is 1.32. The number of hydrogen-bond acceptors (Lipinski definition) is 1. The third-order valence-corrected chi connectivity index (χ3v) is 4.94. The molecule has 0 atom stereocenters. The Morgan fingerprint density at radius 3 is 1.70 bits per heavy atom. The first-order valence-electron chi connectivity index (χ1n) is 12.5. The molecule has 0 saturated carbocycles. The van der Waals surface area contributed by atoms with Crippen LogP contribution in [-0.2, 0) is 11.2 Å². The van der Waals surface area contributed by atoms with Crippen molar-refractivity contribution in [3.63, 3.8) is 0 Å². The molecule has 0 unspecified atom stereocenters. The van der Waals surface area contributed by atoms with Gasteiger partial charge in [0.15, 0.2) is 0 Å². The monoisotopic (exact) mass is 445 g/mol. The average Bonchev–Trinajstić information content (AvgIpc) is 2.84. The number of nitrogens with one attached hydrogen (secondary N) is 1. The van der Waals surface area contributed by atoms with E-state index in [0.29, 0.717) is 6.42 Å². The van der Waals surface area contributed by atoms with Gasteiger partial charge in [-0.05, 0) is 63.4 Å². The van der Waals surface area contributed by atoms with E-state index in [-0.39, 0.29) is 5.91 Å². The van der Waals surface area contributed by atoms with Crippen molar-refractivity contribution in [3.05, 3.63) is 109 Å². The SMILES string of the molecule is CCC=CCC=CCC=CCC=CCC=CCC=CCCC(=O)NCCCc1ccccc1. The van der Waals surface area contributed by atoms with Crippen molar-refractivity contribution in [1.82, 2.24) is 5.32 Å². The van der Waals surface area contributed by atoms with Gasteiger partial charge in [0, 0.05) is 13.0 Å².